The number of nitrogens with zero attached hydrogens (tertiary/aromatic N) is 3. The molecule has 0 saturated heterocycles. The maximum Gasteiger partial charge on any atom is 0.336 e. The minimum atomic E-state index is -0.389. The van der Waals surface area contributed by atoms with Crippen LogP contribution in [-0.4, -0.2) is 26.8 Å². The molecule has 0 fully saturated rings. The quantitative estimate of drug-likeness (QED) is 0.816. The van der Waals surface area contributed by atoms with E-state index in [1.165, 1.54) is 16.8 Å². The highest BCUT2D eigenvalue weighted by molar-refractivity contribution is 5.82. The lowest BCUT2D eigenvalue weighted by atomic mass is 10.2. The molecule has 0 aliphatic carbocycles. The number of unbranched alkanes of at least 4 members (excludes halogenated alkanes) is 1. The average molecular weight is 305 g/mol. The van der Waals surface area contributed by atoms with E-state index in [1.807, 2.05) is 20.8 Å². The van der Waals surface area contributed by atoms with Crippen LogP contribution in [0.3, 0.4) is 0 Å². The van der Waals surface area contributed by atoms with Crippen LogP contribution < -0.4 is 4.74 Å². The second-order valence-corrected chi connectivity index (χ2v) is 5.30. The first kappa shape index (κ1) is 16.1. The van der Waals surface area contributed by atoms with E-state index in [-0.39, 0.29) is 23.8 Å². The Labute approximate surface area is 129 Å². The second-order valence-electron chi connectivity index (χ2n) is 5.30. The van der Waals surface area contributed by atoms with Crippen molar-refractivity contribution in [1.29, 1.82) is 0 Å². The van der Waals surface area contributed by atoms with Gasteiger partial charge in [-0.15, -0.1) is 5.10 Å². The molecule has 0 unspecified atom stereocenters. The van der Waals surface area contributed by atoms with Crippen LogP contribution in [0, 0.1) is 5.82 Å². The van der Waals surface area contributed by atoms with Crippen LogP contribution in [0.4, 0.5) is 4.39 Å². The molecule has 0 spiro atoms. The van der Waals surface area contributed by atoms with E-state index < -0.39 is 0 Å². The zero-order valence-electron chi connectivity index (χ0n) is 13.0. The van der Waals surface area contributed by atoms with Gasteiger partial charge >= 0.3 is 6.01 Å². The highest BCUT2D eigenvalue weighted by Gasteiger charge is 2.19. The third-order valence-electron chi connectivity index (χ3n) is 2.99. The van der Waals surface area contributed by atoms with Crippen molar-refractivity contribution >= 4 is 5.91 Å². The van der Waals surface area contributed by atoms with Crippen molar-refractivity contribution in [3.05, 3.63) is 30.1 Å². The summed E-state index contributed by atoms with van der Waals surface area (Å²) < 4.78 is 20.1. The number of hydrogen-bond acceptors (Lipinski definition) is 4. The molecule has 118 valence electrons. The summed E-state index contributed by atoms with van der Waals surface area (Å²) in [5.74, 6) is -0.261. The molecular formula is C16H20FN3O2. The lowest BCUT2D eigenvalue weighted by molar-refractivity contribution is 0.0882. The molecule has 0 N–H and O–H groups in total. The van der Waals surface area contributed by atoms with Crippen molar-refractivity contribution in [3.63, 3.8) is 0 Å². The molecule has 0 bridgehead atoms. The van der Waals surface area contributed by atoms with Crippen molar-refractivity contribution in [2.45, 2.75) is 46.1 Å². The van der Waals surface area contributed by atoms with Gasteiger partial charge in [-0.3, -0.25) is 4.79 Å². The third kappa shape index (κ3) is 3.90. The molecule has 0 aliphatic rings. The lowest BCUT2D eigenvalue weighted by Gasteiger charge is -2.04. The summed E-state index contributed by atoms with van der Waals surface area (Å²) in [6, 6.07) is 6.06. The van der Waals surface area contributed by atoms with Gasteiger partial charge in [0, 0.05) is 12.0 Å². The van der Waals surface area contributed by atoms with Crippen LogP contribution in [0.2, 0.25) is 0 Å². The first-order chi connectivity index (χ1) is 10.5. The van der Waals surface area contributed by atoms with Crippen molar-refractivity contribution in [3.8, 4) is 17.4 Å². The van der Waals surface area contributed by atoms with E-state index in [9.17, 15) is 9.18 Å². The molecule has 6 heteroatoms. The van der Waals surface area contributed by atoms with Gasteiger partial charge in [0.2, 0.25) is 5.91 Å². The van der Waals surface area contributed by atoms with Gasteiger partial charge in [0.1, 0.15) is 5.82 Å². The number of carbonyl (C=O) groups is 1. The van der Waals surface area contributed by atoms with Crippen LogP contribution in [0.25, 0.3) is 11.4 Å². The molecule has 0 amide bonds. The number of aromatic nitrogens is 3. The zero-order chi connectivity index (χ0) is 16.1. The van der Waals surface area contributed by atoms with Gasteiger partial charge in [0.05, 0.1) is 6.10 Å². The normalized spacial score (nSPS) is 11.0. The van der Waals surface area contributed by atoms with Crippen LogP contribution in [0.1, 0.15) is 44.8 Å². The average Bonchev–Trinajstić information content (AvgIpc) is 2.88. The first-order valence-corrected chi connectivity index (χ1v) is 7.44. The molecule has 1 aromatic carbocycles. The lowest BCUT2D eigenvalue weighted by Crippen LogP contribution is -2.14. The Kier molecular flexibility index (Phi) is 5.25. The molecule has 22 heavy (non-hydrogen) atoms. The molecule has 0 aliphatic heterocycles. The molecule has 2 rings (SSSR count). The van der Waals surface area contributed by atoms with Crippen LogP contribution in [0.15, 0.2) is 24.3 Å². The largest absolute Gasteiger partial charge is 0.460 e. The fourth-order valence-corrected chi connectivity index (χ4v) is 1.98. The van der Waals surface area contributed by atoms with Crippen LogP contribution >= 0.6 is 0 Å². The summed E-state index contributed by atoms with van der Waals surface area (Å²) in [5.41, 5.74) is 0.496. The van der Waals surface area contributed by atoms with Crippen molar-refractivity contribution < 1.29 is 13.9 Å². The minimum Gasteiger partial charge on any atom is -0.460 e. The monoisotopic (exact) mass is 305 g/mol. The van der Waals surface area contributed by atoms with E-state index >= 15 is 0 Å². The maximum absolute atomic E-state index is 13.4. The fourth-order valence-electron chi connectivity index (χ4n) is 1.98. The number of carbonyl (C=O) groups excluding carboxylic acids is 1. The van der Waals surface area contributed by atoms with Crippen molar-refractivity contribution in [2.24, 2.45) is 0 Å². The van der Waals surface area contributed by atoms with E-state index in [0.717, 1.165) is 12.8 Å². The molecule has 0 radical (unpaired) electrons. The van der Waals surface area contributed by atoms with E-state index in [4.69, 9.17) is 4.74 Å². The van der Waals surface area contributed by atoms with E-state index in [1.54, 1.807) is 12.1 Å². The van der Waals surface area contributed by atoms with Gasteiger partial charge in [-0.25, -0.2) is 4.39 Å². The Bertz CT molecular complexity index is 653. The Morgan fingerprint density at radius 1 is 1.41 bits per heavy atom. The second kappa shape index (κ2) is 7.15. The van der Waals surface area contributed by atoms with E-state index in [0.29, 0.717) is 17.8 Å². The minimum absolute atomic E-state index is 0.109. The smallest absolute Gasteiger partial charge is 0.336 e. The third-order valence-corrected chi connectivity index (χ3v) is 2.99. The van der Waals surface area contributed by atoms with Crippen LogP contribution in [0.5, 0.6) is 6.01 Å². The van der Waals surface area contributed by atoms with Gasteiger partial charge in [-0.1, -0.05) is 25.5 Å². The fraction of sp³-hybridized carbons (Fsp3) is 0.438. The number of ether oxygens (including phenoxy) is 1. The summed E-state index contributed by atoms with van der Waals surface area (Å²) in [7, 11) is 0. The van der Waals surface area contributed by atoms with E-state index in [2.05, 4.69) is 10.1 Å². The van der Waals surface area contributed by atoms with Gasteiger partial charge in [0.25, 0.3) is 0 Å². The first-order valence-electron chi connectivity index (χ1n) is 7.44. The summed E-state index contributed by atoms with van der Waals surface area (Å²) in [6.07, 6.45) is 1.93. The van der Waals surface area contributed by atoms with Crippen molar-refractivity contribution in [1.82, 2.24) is 14.8 Å². The number of halogens is 1. The van der Waals surface area contributed by atoms with Crippen LogP contribution in [-0.2, 0) is 0 Å². The molecule has 0 saturated carbocycles. The van der Waals surface area contributed by atoms with Gasteiger partial charge < -0.3 is 4.74 Å². The summed E-state index contributed by atoms with van der Waals surface area (Å²) in [5, 5.41) is 4.12. The topological polar surface area (TPSA) is 57.0 Å². The SMILES string of the molecule is CCCCC(=O)n1nc(OC(C)C)nc1-c1cccc(F)c1. The molecule has 1 heterocycles. The van der Waals surface area contributed by atoms with Gasteiger partial charge in [-0.2, -0.15) is 9.67 Å². The Morgan fingerprint density at radius 2 is 2.18 bits per heavy atom. The molecule has 5 nitrogen and oxygen atoms in total. The number of benzene rings is 1. The summed E-state index contributed by atoms with van der Waals surface area (Å²) >= 11 is 0. The molecule has 1 aromatic heterocycles. The summed E-state index contributed by atoms with van der Waals surface area (Å²) in [4.78, 5) is 16.5. The molecular weight excluding hydrogens is 285 g/mol. The molecule has 0 atom stereocenters. The Balaban J connectivity index is 2.41. The van der Waals surface area contributed by atoms with Crippen molar-refractivity contribution in [2.75, 3.05) is 0 Å². The highest BCUT2D eigenvalue weighted by atomic mass is 19.1. The zero-order valence-corrected chi connectivity index (χ0v) is 13.0. The Hall–Kier alpha value is -2.24. The van der Waals surface area contributed by atoms with Gasteiger partial charge in [0.15, 0.2) is 5.82 Å². The number of rotatable bonds is 6. The Morgan fingerprint density at radius 3 is 2.82 bits per heavy atom. The van der Waals surface area contributed by atoms with Gasteiger partial charge in [-0.05, 0) is 32.4 Å². The predicted octanol–water partition coefficient (Wildman–Crippen LogP) is 3.70. The number of hydrogen-bond donors (Lipinski definition) is 0. The highest BCUT2D eigenvalue weighted by Crippen LogP contribution is 2.22. The molecule has 2 aromatic rings. The predicted molar refractivity (Wildman–Crippen MR) is 81.3 cm³/mol. The summed E-state index contributed by atoms with van der Waals surface area (Å²) in [6.45, 7) is 5.71. The maximum atomic E-state index is 13.4. The standard InChI is InChI=1S/C16H20FN3O2/c1-4-5-9-14(21)20-15(12-7-6-8-13(17)10-12)18-16(19-20)22-11(2)3/h6-8,10-11H,4-5,9H2,1-3H3.